The third kappa shape index (κ3) is 3.19. The fraction of sp³-hybridized carbons (Fsp3) is 0.438. The second-order valence-corrected chi connectivity index (χ2v) is 4.99. The van der Waals surface area contributed by atoms with E-state index in [0.29, 0.717) is 22.0 Å². The molecule has 2 N–H and O–H groups in total. The molecule has 21 heavy (non-hydrogen) atoms. The Morgan fingerprint density at radius 1 is 1.67 bits per heavy atom. The summed E-state index contributed by atoms with van der Waals surface area (Å²) in [4.78, 5) is 13.8. The molecule has 1 aromatic carbocycles. The molecule has 2 aromatic rings. The number of likely N-dealkylation sites (N-methyl/N-ethyl adjacent to an activating group) is 1. The van der Waals surface area contributed by atoms with Crippen LogP contribution in [0, 0.1) is 0 Å². The first-order valence-electron chi connectivity index (χ1n) is 10.4. The van der Waals surface area contributed by atoms with Gasteiger partial charge in [0.15, 0.2) is 2.82 Å². The third-order valence-corrected chi connectivity index (χ3v) is 3.12. The number of fused-ring (bicyclic) bond motifs is 1. The molecule has 1 atom stereocenters. The molecule has 1 aromatic heterocycles. The van der Waals surface area contributed by atoms with E-state index in [1.807, 2.05) is 0 Å². The quantitative estimate of drug-likeness (QED) is 0.886. The number of ether oxygens (including phenoxy) is 1. The summed E-state index contributed by atoms with van der Waals surface area (Å²) in [7, 11) is 3.14. The van der Waals surface area contributed by atoms with Crippen molar-refractivity contribution in [1.82, 2.24) is 15.2 Å². The number of benzene rings is 1. The van der Waals surface area contributed by atoms with Crippen LogP contribution < -0.4 is 5.31 Å². The van der Waals surface area contributed by atoms with Crippen molar-refractivity contribution in [3.05, 3.63) is 35.5 Å². The zero-order valence-electron chi connectivity index (χ0n) is 19.8. The average Bonchev–Trinajstić information content (AvgIpc) is 2.92. The van der Waals surface area contributed by atoms with E-state index in [1.165, 1.54) is 17.0 Å². The fourth-order valence-electron chi connectivity index (χ4n) is 2.12. The minimum absolute atomic E-state index is 0.149. The highest BCUT2D eigenvalue weighted by molar-refractivity contribution is 5.84. The Balaban J connectivity index is 2.06. The number of carbonyl (C=O) groups excluding carboxylic acids is 1. The Labute approximate surface area is 135 Å². The van der Waals surface area contributed by atoms with Crippen molar-refractivity contribution in [2.24, 2.45) is 0 Å². The molecule has 0 bridgehead atoms. The lowest BCUT2D eigenvalue weighted by molar-refractivity contribution is 0.177. The van der Waals surface area contributed by atoms with E-state index in [-0.39, 0.29) is 24.3 Å². The molecule has 1 saturated heterocycles. The molecule has 1 aliphatic heterocycles. The zero-order chi connectivity index (χ0) is 21.9. The standard InChI is InChI=1S/C16H21N3O2/c1-19(2)6-5-12-9-17-15-4-3-11(8-14(12)15)7-13-10-21-16(20)18-13/h3-4,8-9,13,17H,5-7,10H2,1-2H3,(H,18,20)/t13-/m0/s1/i6D2,9D,10D2,13D/hD2. The summed E-state index contributed by atoms with van der Waals surface area (Å²) in [5.41, 5.74) is 1.06. The van der Waals surface area contributed by atoms with E-state index in [4.69, 9.17) is 11.0 Å². The molecular weight excluding hydrogens is 266 g/mol. The van der Waals surface area contributed by atoms with Crippen LogP contribution in [0.5, 0.6) is 0 Å². The molecule has 0 saturated carbocycles. The number of nitrogens with zero attached hydrogens (tertiary/aromatic N) is 1. The van der Waals surface area contributed by atoms with Crippen molar-refractivity contribution in [2.45, 2.75) is 18.9 Å². The van der Waals surface area contributed by atoms with Crippen LogP contribution in [-0.4, -0.2) is 49.1 Å². The monoisotopic (exact) mass is 295 g/mol. The number of alkyl carbamates (subject to hydrolysis) is 1. The largest absolute Gasteiger partial charge is 0.447 e. The maximum Gasteiger partial charge on any atom is 0.407 e. The van der Waals surface area contributed by atoms with Crippen LogP contribution in [0.4, 0.5) is 4.79 Å². The summed E-state index contributed by atoms with van der Waals surface area (Å²) in [5, 5.41) is 0.591. The lowest BCUT2D eigenvalue weighted by Gasteiger charge is -2.09. The SMILES string of the molecule is [2H]c1c(CC([2H])([2H])N(C)C)c2cc(C[C@]3([2H])N([2H])C(=O)OC3([2H])[2H])ccc2n1[2H]. The molecule has 2 heterocycles. The maximum atomic E-state index is 11.6. The first-order chi connectivity index (χ1) is 13.2. The van der Waals surface area contributed by atoms with Gasteiger partial charge in [-0.3, -0.25) is 0 Å². The van der Waals surface area contributed by atoms with Crippen LogP contribution in [0.1, 0.15) is 19.4 Å². The lowest BCUT2D eigenvalue weighted by Crippen LogP contribution is -2.28. The number of hydrogen-bond donors (Lipinski definition) is 2. The molecule has 5 nitrogen and oxygen atoms in total. The summed E-state index contributed by atoms with van der Waals surface area (Å²) >= 11 is 0. The zero-order valence-corrected chi connectivity index (χ0v) is 11.8. The number of cyclic esters (lactones) is 1. The van der Waals surface area contributed by atoms with Gasteiger partial charge in [0.25, 0.3) is 0 Å². The second-order valence-electron chi connectivity index (χ2n) is 4.99. The minimum Gasteiger partial charge on any atom is -0.447 e. The summed E-state index contributed by atoms with van der Waals surface area (Å²) in [5.74, 6) is 0. The van der Waals surface area contributed by atoms with Crippen molar-refractivity contribution in [3.8, 4) is 0 Å². The number of hydrogen-bond acceptors (Lipinski definition) is 3. The minimum atomic E-state index is -2.70. The lowest BCUT2D eigenvalue weighted by atomic mass is 10.0. The van der Waals surface area contributed by atoms with Gasteiger partial charge in [0.2, 0.25) is 0 Å². The number of H-pyrrole nitrogens is 1. The van der Waals surface area contributed by atoms with Crippen molar-refractivity contribution in [2.75, 3.05) is 27.2 Å². The van der Waals surface area contributed by atoms with E-state index in [2.05, 4.69) is 4.74 Å². The highest BCUT2D eigenvalue weighted by atomic mass is 16.6. The summed E-state index contributed by atoms with van der Waals surface area (Å²) < 4.78 is 68.7. The topological polar surface area (TPSA) is 57.4 Å². The number of amides is 1. The molecule has 1 aliphatic rings. The molecular formula is C16H21N3O2. The average molecular weight is 295 g/mol. The van der Waals surface area contributed by atoms with Crippen LogP contribution in [0.25, 0.3) is 10.9 Å². The maximum absolute atomic E-state index is 11.6. The van der Waals surface area contributed by atoms with Crippen molar-refractivity contribution in [3.63, 3.8) is 0 Å². The molecule has 112 valence electrons. The predicted octanol–water partition coefficient (Wildman–Crippen LogP) is 1.92. The second kappa shape index (κ2) is 5.77. The number of carbonyl (C=O) groups is 1. The van der Waals surface area contributed by atoms with Crippen LogP contribution in [0.15, 0.2) is 24.4 Å². The van der Waals surface area contributed by atoms with Crippen LogP contribution >= 0.6 is 0 Å². The smallest absolute Gasteiger partial charge is 0.407 e. The number of aryl methyl sites for hydroxylation is 1. The molecule has 0 aliphatic carbocycles. The van der Waals surface area contributed by atoms with Gasteiger partial charge in [-0.1, -0.05) is 6.07 Å². The molecule has 0 radical (unpaired) electrons. The van der Waals surface area contributed by atoms with Gasteiger partial charge in [0, 0.05) is 26.3 Å². The van der Waals surface area contributed by atoms with Gasteiger partial charge in [-0.05, 0) is 50.2 Å². The first kappa shape index (κ1) is 7.31. The highest BCUT2D eigenvalue weighted by Gasteiger charge is 2.22. The fourth-order valence-corrected chi connectivity index (χ4v) is 2.12. The Hall–Kier alpha value is -2.01. The first-order valence-corrected chi connectivity index (χ1v) is 6.53. The van der Waals surface area contributed by atoms with Crippen LogP contribution in [-0.2, 0) is 17.6 Å². The summed E-state index contributed by atoms with van der Waals surface area (Å²) in [6.45, 7) is -4.47. The Kier molecular flexibility index (Phi) is 2.01. The van der Waals surface area contributed by atoms with Gasteiger partial charge in [-0.2, -0.15) is 0 Å². The molecule has 1 fully saturated rings. The van der Waals surface area contributed by atoms with Crippen LogP contribution in [0.2, 0.25) is 2.82 Å². The van der Waals surface area contributed by atoms with Crippen molar-refractivity contribution < 1.29 is 20.6 Å². The Morgan fingerprint density at radius 2 is 2.52 bits per heavy atom. The number of aromatic nitrogens is 1. The Morgan fingerprint density at radius 3 is 3.24 bits per heavy atom. The van der Waals surface area contributed by atoms with E-state index in [1.54, 1.807) is 20.2 Å². The van der Waals surface area contributed by atoms with Gasteiger partial charge in [0.05, 0.1) is 11.5 Å². The normalized spacial score (nSPS) is 30.8. The number of rotatable bonds is 5. The Bertz CT molecular complexity index is 977. The molecule has 0 unspecified atom stereocenters. The van der Waals surface area contributed by atoms with Gasteiger partial charge < -0.3 is 19.9 Å². The van der Waals surface area contributed by atoms with Crippen LogP contribution in [0.3, 0.4) is 0 Å². The van der Waals surface area contributed by atoms with Crippen molar-refractivity contribution >= 4 is 17.0 Å². The highest BCUT2D eigenvalue weighted by Crippen LogP contribution is 2.21. The van der Waals surface area contributed by atoms with Gasteiger partial charge in [-0.15, -0.1) is 0 Å². The molecule has 5 heteroatoms. The number of nitrogens with one attached hydrogen (secondary N) is 2. The number of aromatic amines is 1. The third-order valence-electron chi connectivity index (χ3n) is 3.12. The molecule has 3 rings (SSSR count). The van der Waals surface area contributed by atoms with E-state index in [0.717, 1.165) is 4.98 Å². The van der Waals surface area contributed by atoms with Crippen molar-refractivity contribution in [1.29, 1.82) is 0 Å². The molecule has 0 spiro atoms. The van der Waals surface area contributed by atoms with E-state index >= 15 is 0 Å². The van der Waals surface area contributed by atoms with Gasteiger partial charge in [0.1, 0.15) is 6.56 Å². The van der Waals surface area contributed by atoms with E-state index in [9.17, 15) is 4.79 Å². The van der Waals surface area contributed by atoms with Gasteiger partial charge in [-0.25, -0.2) is 4.79 Å². The molecule has 1 amide bonds. The van der Waals surface area contributed by atoms with E-state index < -0.39 is 25.2 Å². The van der Waals surface area contributed by atoms with Gasteiger partial charge >= 0.3 is 6.09 Å². The predicted molar refractivity (Wildman–Crippen MR) is 82.5 cm³/mol. The summed E-state index contributed by atoms with van der Waals surface area (Å²) in [6, 6.07) is 2.28. The summed E-state index contributed by atoms with van der Waals surface area (Å²) in [6.07, 6.45) is -1.93.